The summed E-state index contributed by atoms with van der Waals surface area (Å²) in [5.41, 5.74) is 3.06. The number of fused-ring (bicyclic) bond motifs is 1. The van der Waals surface area contributed by atoms with Crippen molar-refractivity contribution in [2.75, 3.05) is 10.0 Å². The van der Waals surface area contributed by atoms with Gasteiger partial charge in [-0.1, -0.05) is 30.3 Å². The molecule has 0 saturated carbocycles. The van der Waals surface area contributed by atoms with Crippen molar-refractivity contribution in [3.05, 3.63) is 64.6 Å². The van der Waals surface area contributed by atoms with E-state index in [0.29, 0.717) is 29.1 Å². The normalized spacial score (nSPS) is 13.6. The van der Waals surface area contributed by atoms with Gasteiger partial charge in [0.05, 0.1) is 10.6 Å². The Balaban J connectivity index is 1.85. The standard InChI is InChI=1S/C18H18N2O3S/c1-13(21)19-16-7-4-8-17(12-16)20-24(22,23)18-10-9-14-5-2-3-6-15(14)11-18/h2-8,11-12,20H,9-10H2,1H3,(H,19,21). The van der Waals surface area contributed by atoms with Gasteiger partial charge in [-0.05, 0) is 48.2 Å². The van der Waals surface area contributed by atoms with Gasteiger partial charge in [0, 0.05) is 12.6 Å². The SMILES string of the molecule is CC(=O)Nc1cccc(NS(=O)(=O)C2=Cc3ccccc3CC2)c1. The quantitative estimate of drug-likeness (QED) is 0.894. The molecule has 3 rings (SSSR count). The summed E-state index contributed by atoms with van der Waals surface area (Å²) in [6.45, 7) is 1.40. The van der Waals surface area contributed by atoms with Crippen LogP contribution in [0.15, 0.2) is 53.4 Å². The first-order valence-corrected chi connectivity index (χ1v) is 9.11. The summed E-state index contributed by atoms with van der Waals surface area (Å²) in [4.78, 5) is 11.5. The fraction of sp³-hybridized carbons (Fsp3) is 0.167. The molecule has 0 aliphatic heterocycles. The summed E-state index contributed by atoms with van der Waals surface area (Å²) in [6.07, 6.45) is 2.89. The Labute approximate surface area is 141 Å². The highest BCUT2D eigenvalue weighted by Gasteiger charge is 2.21. The molecule has 6 heteroatoms. The van der Waals surface area contributed by atoms with Gasteiger partial charge in [-0.3, -0.25) is 9.52 Å². The van der Waals surface area contributed by atoms with E-state index in [9.17, 15) is 13.2 Å². The lowest BCUT2D eigenvalue weighted by Crippen LogP contribution is -2.17. The lowest BCUT2D eigenvalue weighted by molar-refractivity contribution is -0.114. The minimum atomic E-state index is -3.63. The van der Waals surface area contributed by atoms with Crippen molar-refractivity contribution in [1.29, 1.82) is 0 Å². The molecule has 0 atom stereocenters. The van der Waals surface area contributed by atoms with Crippen molar-refractivity contribution in [1.82, 2.24) is 0 Å². The molecular formula is C18H18N2O3S. The van der Waals surface area contributed by atoms with E-state index in [4.69, 9.17) is 0 Å². The van der Waals surface area contributed by atoms with Crippen LogP contribution < -0.4 is 10.0 Å². The molecule has 1 aliphatic rings. The van der Waals surface area contributed by atoms with E-state index in [2.05, 4.69) is 10.0 Å². The maximum Gasteiger partial charge on any atom is 0.258 e. The monoisotopic (exact) mass is 342 g/mol. The first-order chi connectivity index (χ1) is 11.4. The van der Waals surface area contributed by atoms with Crippen molar-refractivity contribution in [3.8, 4) is 0 Å². The van der Waals surface area contributed by atoms with Gasteiger partial charge in [0.2, 0.25) is 5.91 Å². The van der Waals surface area contributed by atoms with Crippen LogP contribution in [0.1, 0.15) is 24.5 Å². The average Bonchev–Trinajstić information content (AvgIpc) is 2.53. The molecule has 1 aliphatic carbocycles. The highest BCUT2D eigenvalue weighted by molar-refractivity contribution is 7.96. The Bertz CT molecular complexity index is 917. The van der Waals surface area contributed by atoms with Crippen LogP contribution in [0, 0.1) is 0 Å². The molecule has 2 aromatic carbocycles. The van der Waals surface area contributed by atoms with Crippen molar-refractivity contribution >= 4 is 33.4 Å². The topological polar surface area (TPSA) is 75.3 Å². The van der Waals surface area contributed by atoms with Crippen LogP contribution in [-0.2, 0) is 21.2 Å². The van der Waals surface area contributed by atoms with Crippen LogP contribution in [0.25, 0.3) is 6.08 Å². The maximum atomic E-state index is 12.6. The molecule has 0 bridgehead atoms. The first kappa shape index (κ1) is 16.3. The molecule has 1 amide bonds. The Morgan fingerprint density at radius 1 is 1.00 bits per heavy atom. The van der Waals surface area contributed by atoms with E-state index >= 15 is 0 Å². The Morgan fingerprint density at radius 3 is 2.54 bits per heavy atom. The smallest absolute Gasteiger partial charge is 0.258 e. The third-order valence-electron chi connectivity index (χ3n) is 3.79. The number of hydrogen-bond donors (Lipinski definition) is 2. The lowest BCUT2D eigenvalue weighted by Gasteiger charge is -2.17. The van der Waals surface area contributed by atoms with E-state index in [1.54, 1.807) is 30.3 Å². The second-order valence-electron chi connectivity index (χ2n) is 5.68. The second kappa shape index (κ2) is 6.49. The first-order valence-electron chi connectivity index (χ1n) is 7.63. The molecule has 124 valence electrons. The molecule has 0 saturated heterocycles. The van der Waals surface area contributed by atoms with Gasteiger partial charge in [0.15, 0.2) is 0 Å². The number of anilines is 2. The van der Waals surface area contributed by atoms with E-state index < -0.39 is 10.0 Å². The molecule has 24 heavy (non-hydrogen) atoms. The molecule has 5 nitrogen and oxygen atoms in total. The molecule has 2 aromatic rings. The molecule has 2 N–H and O–H groups in total. The largest absolute Gasteiger partial charge is 0.326 e. The predicted octanol–water partition coefficient (Wildman–Crippen LogP) is 3.37. The highest BCUT2D eigenvalue weighted by Crippen LogP contribution is 2.28. The molecule has 0 heterocycles. The van der Waals surface area contributed by atoms with Gasteiger partial charge >= 0.3 is 0 Å². The third-order valence-corrected chi connectivity index (χ3v) is 5.31. The van der Waals surface area contributed by atoms with E-state index in [1.165, 1.54) is 6.92 Å². The average molecular weight is 342 g/mol. The molecule has 0 fully saturated rings. The lowest BCUT2D eigenvalue weighted by atomic mass is 9.98. The molecule has 0 aromatic heterocycles. The molecule has 0 spiro atoms. The Hall–Kier alpha value is -2.60. The number of carbonyl (C=O) groups excluding carboxylic acids is 1. The second-order valence-corrected chi connectivity index (χ2v) is 7.41. The summed E-state index contributed by atoms with van der Waals surface area (Å²) in [5.74, 6) is -0.207. The number of benzene rings is 2. The highest BCUT2D eigenvalue weighted by atomic mass is 32.2. The van der Waals surface area contributed by atoms with Crippen LogP contribution in [0.5, 0.6) is 0 Å². The molecule has 0 radical (unpaired) electrons. The molecular weight excluding hydrogens is 324 g/mol. The number of sulfonamides is 1. The number of hydrogen-bond acceptors (Lipinski definition) is 3. The van der Waals surface area contributed by atoms with Gasteiger partial charge in [-0.15, -0.1) is 0 Å². The van der Waals surface area contributed by atoms with Crippen molar-refractivity contribution in [2.45, 2.75) is 19.8 Å². The molecule has 0 unspecified atom stereocenters. The van der Waals surface area contributed by atoms with Crippen LogP contribution >= 0.6 is 0 Å². The van der Waals surface area contributed by atoms with Gasteiger partial charge in [-0.2, -0.15) is 0 Å². The zero-order valence-corrected chi connectivity index (χ0v) is 14.1. The number of amides is 1. The van der Waals surface area contributed by atoms with E-state index in [1.807, 2.05) is 24.3 Å². The number of carbonyl (C=O) groups is 1. The van der Waals surface area contributed by atoms with Crippen LogP contribution in [0.2, 0.25) is 0 Å². The number of nitrogens with one attached hydrogen (secondary N) is 2. The van der Waals surface area contributed by atoms with Gasteiger partial charge in [-0.25, -0.2) is 8.42 Å². The summed E-state index contributed by atoms with van der Waals surface area (Å²) < 4.78 is 27.8. The summed E-state index contributed by atoms with van der Waals surface area (Å²) >= 11 is 0. The fourth-order valence-corrected chi connectivity index (χ4v) is 3.92. The van der Waals surface area contributed by atoms with Crippen molar-refractivity contribution in [3.63, 3.8) is 0 Å². The summed E-state index contributed by atoms with van der Waals surface area (Å²) in [7, 11) is -3.63. The van der Waals surface area contributed by atoms with E-state index in [-0.39, 0.29) is 5.91 Å². The summed E-state index contributed by atoms with van der Waals surface area (Å²) in [5, 5.41) is 2.64. The number of aryl methyl sites for hydroxylation is 1. The van der Waals surface area contributed by atoms with Crippen LogP contribution in [0.4, 0.5) is 11.4 Å². The summed E-state index contributed by atoms with van der Waals surface area (Å²) in [6, 6.07) is 14.4. The van der Waals surface area contributed by atoms with Gasteiger partial charge in [0.1, 0.15) is 0 Å². The zero-order chi connectivity index (χ0) is 17.2. The Kier molecular flexibility index (Phi) is 4.40. The Morgan fingerprint density at radius 2 is 1.75 bits per heavy atom. The van der Waals surface area contributed by atoms with Crippen molar-refractivity contribution in [2.24, 2.45) is 0 Å². The van der Waals surface area contributed by atoms with E-state index in [0.717, 1.165) is 11.1 Å². The fourth-order valence-electron chi connectivity index (χ4n) is 2.70. The number of allylic oxidation sites excluding steroid dienone is 1. The van der Waals surface area contributed by atoms with Gasteiger partial charge in [0.25, 0.3) is 10.0 Å². The van der Waals surface area contributed by atoms with Crippen LogP contribution in [-0.4, -0.2) is 14.3 Å². The predicted molar refractivity (Wildman–Crippen MR) is 96.0 cm³/mol. The zero-order valence-electron chi connectivity index (χ0n) is 13.2. The number of rotatable bonds is 4. The van der Waals surface area contributed by atoms with Gasteiger partial charge < -0.3 is 5.32 Å². The maximum absolute atomic E-state index is 12.6. The minimum absolute atomic E-state index is 0.207. The van der Waals surface area contributed by atoms with Crippen molar-refractivity contribution < 1.29 is 13.2 Å². The minimum Gasteiger partial charge on any atom is -0.326 e. The van der Waals surface area contributed by atoms with Crippen LogP contribution in [0.3, 0.4) is 0 Å². The third kappa shape index (κ3) is 3.65.